The molecule has 1 aliphatic carbocycles. The number of halogens is 1. The summed E-state index contributed by atoms with van der Waals surface area (Å²) in [6, 6.07) is 5.53. The van der Waals surface area contributed by atoms with Crippen molar-refractivity contribution in [1.29, 1.82) is 0 Å². The summed E-state index contributed by atoms with van der Waals surface area (Å²) in [7, 11) is 1.68. The van der Waals surface area contributed by atoms with Crippen molar-refractivity contribution in [3.8, 4) is 5.75 Å². The van der Waals surface area contributed by atoms with Crippen LogP contribution in [0.5, 0.6) is 5.75 Å². The summed E-state index contributed by atoms with van der Waals surface area (Å²) < 4.78 is 11.0. The maximum atomic E-state index is 12.1. The van der Waals surface area contributed by atoms with Crippen molar-refractivity contribution in [3.63, 3.8) is 0 Å². The Hall–Kier alpha value is -1.26. The van der Waals surface area contributed by atoms with E-state index in [4.69, 9.17) is 21.1 Å². The van der Waals surface area contributed by atoms with Crippen molar-refractivity contribution in [2.75, 3.05) is 19.0 Å². The third-order valence-electron chi connectivity index (χ3n) is 3.97. The second kappa shape index (κ2) is 7.14. The minimum absolute atomic E-state index is 0.0266. The third kappa shape index (κ3) is 3.89. The number of nitrogens with one attached hydrogen (secondary N) is 1. The van der Waals surface area contributed by atoms with Gasteiger partial charge in [0.05, 0.1) is 24.5 Å². The first-order chi connectivity index (χ1) is 10.1. The van der Waals surface area contributed by atoms with Crippen molar-refractivity contribution in [2.45, 2.75) is 44.1 Å². The molecule has 1 saturated carbocycles. The summed E-state index contributed by atoms with van der Waals surface area (Å²) in [6.07, 6.45) is 3.42. The molecular weight excluding hydrogens is 290 g/mol. The molecule has 4 nitrogen and oxygen atoms in total. The minimum atomic E-state index is -0.259. The van der Waals surface area contributed by atoms with Crippen LogP contribution in [0.2, 0.25) is 0 Å². The van der Waals surface area contributed by atoms with E-state index in [2.05, 4.69) is 5.32 Å². The molecule has 0 saturated heterocycles. The number of rotatable bonds is 7. The molecule has 0 aromatic heterocycles. The molecule has 0 aliphatic heterocycles. The molecule has 1 amide bonds. The molecular formula is C16H22ClNO3. The quantitative estimate of drug-likeness (QED) is 0.781. The molecule has 0 heterocycles. The SMILES string of the molecule is CCOc1ccc(NC(=O)CC2(OC)CCC2)cc1CCl. The minimum Gasteiger partial charge on any atom is -0.494 e. The Morgan fingerprint density at radius 3 is 2.71 bits per heavy atom. The molecule has 1 fully saturated rings. The summed E-state index contributed by atoms with van der Waals surface area (Å²) in [5, 5.41) is 2.91. The zero-order valence-electron chi connectivity index (χ0n) is 12.6. The van der Waals surface area contributed by atoms with Crippen LogP contribution in [0.4, 0.5) is 5.69 Å². The van der Waals surface area contributed by atoms with Crippen LogP contribution in [-0.4, -0.2) is 25.2 Å². The summed E-state index contributed by atoms with van der Waals surface area (Å²) in [5.41, 5.74) is 1.36. The Bertz CT molecular complexity index is 495. The molecule has 1 N–H and O–H groups in total. The predicted molar refractivity (Wildman–Crippen MR) is 84.0 cm³/mol. The molecule has 5 heteroatoms. The van der Waals surface area contributed by atoms with Gasteiger partial charge in [-0.05, 0) is 44.4 Å². The number of anilines is 1. The number of hydrogen-bond acceptors (Lipinski definition) is 3. The fourth-order valence-corrected chi connectivity index (χ4v) is 2.79. The van der Waals surface area contributed by atoms with E-state index < -0.39 is 0 Å². The number of benzene rings is 1. The largest absolute Gasteiger partial charge is 0.494 e. The second-order valence-corrected chi connectivity index (χ2v) is 5.62. The molecule has 0 spiro atoms. The fourth-order valence-electron chi connectivity index (χ4n) is 2.58. The van der Waals surface area contributed by atoms with Gasteiger partial charge in [-0.1, -0.05) is 0 Å². The van der Waals surface area contributed by atoms with Crippen LogP contribution in [0, 0.1) is 0 Å². The zero-order valence-corrected chi connectivity index (χ0v) is 13.3. The van der Waals surface area contributed by atoms with Crippen LogP contribution in [-0.2, 0) is 15.4 Å². The predicted octanol–water partition coefficient (Wildman–Crippen LogP) is 3.72. The normalized spacial score (nSPS) is 16.1. The van der Waals surface area contributed by atoms with Gasteiger partial charge in [-0.15, -0.1) is 11.6 Å². The lowest BCUT2D eigenvalue weighted by molar-refractivity contribution is -0.129. The first-order valence-corrected chi connectivity index (χ1v) is 7.82. The van der Waals surface area contributed by atoms with Crippen LogP contribution in [0.15, 0.2) is 18.2 Å². The van der Waals surface area contributed by atoms with Gasteiger partial charge in [-0.25, -0.2) is 0 Å². The number of ether oxygens (including phenoxy) is 2. The second-order valence-electron chi connectivity index (χ2n) is 5.35. The number of hydrogen-bond donors (Lipinski definition) is 1. The first-order valence-electron chi connectivity index (χ1n) is 7.29. The van der Waals surface area contributed by atoms with E-state index in [-0.39, 0.29) is 11.5 Å². The summed E-state index contributed by atoms with van der Waals surface area (Å²) in [4.78, 5) is 12.1. The molecule has 1 aliphatic rings. The molecule has 0 bridgehead atoms. The molecule has 0 unspecified atom stereocenters. The van der Waals surface area contributed by atoms with Gasteiger partial charge < -0.3 is 14.8 Å². The lowest BCUT2D eigenvalue weighted by Gasteiger charge is -2.39. The van der Waals surface area contributed by atoms with E-state index in [9.17, 15) is 4.79 Å². The molecule has 1 aromatic carbocycles. The van der Waals surface area contributed by atoms with Crippen LogP contribution >= 0.6 is 11.6 Å². The average Bonchev–Trinajstić information content (AvgIpc) is 2.44. The van der Waals surface area contributed by atoms with E-state index in [1.807, 2.05) is 25.1 Å². The van der Waals surface area contributed by atoms with E-state index >= 15 is 0 Å². The van der Waals surface area contributed by atoms with Gasteiger partial charge >= 0.3 is 0 Å². The van der Waals surface area contributed by atoms with Crippen LogP contribution in [0.1, 0.15) is 38.2 Å². The van der Waals surface area contributed by atoms with Crippen LogP contribution < -0.4 is 10.1 Å². The Balaban J connectivity index is 2.00. The summed E-state index contributed by atoms with van der Waals surface area (Å²) in [5.74, 6) is 1.08. The number of methoxy groups -OCH3 is 1. The van der Waals surface area contributed by atoms with Crippen molar-refractivity contribution < 1.29 is 14.3 Å². The summed E-state index contributed by atoms with van der Waals surface area (Å²) >= 11 is 5.92. The number of carbonyl (C=O) groups excluding carboxylic acids is 1. The van der Waals surface area contributed by atoms with Gasteiger partial charge in [0, 0.05) is 18.4 Å². The lowest BCUT2D eigenvalue weighted by Crippen LogP contribution is -2.42. The molecule has 2 rings (SSSR count). The number of carbonyl (C=O) groups is 1. The van der Waals surface area contributed by atoms with Gasteiger partial charge in [0.2, 0.25) is 5.91 Å². The van der Waals surface area contributed by atoms with Crippen LogP contribution in [0.25, 0.3) is 0 Å². The van der Waals surface area contributed by atoms with Crippen molar-refractivity contribution in [1.82, 2.24) is 0 Å². The van der Waals surface area contributed by atoms with E-state index in [0.29, 0.717) is 18.9 Å². The molecule has 1 aromatic rings. The highest BCUT2D eigenvalue weighted by Crippen LogP contribution is 2.38. The standard InChI is InChI=1S/C16H22ClNO3/c1-3-21-14-6-5-13(9-12(14)11-17)18-15(19)10-16(20-2)7-4-8-16/h5-6,9H,3-4,7-8,10-11H2,1-2H3,(H,18,19). The van der Waals surface area contributed by atoms with Crippen LogP contribution in [0.3, 0.4) is 0 Å². The smallest absolute Gasteiger partial charge is 0.227 e. The van der Waals surface area contributed by atoms with Gasteiger partial charge in [0.25, 0.3) is 0 Å². The average molecular weight is 312 g/mol. The highest BCUT2D eigenvalue weighted by Gasteiger charge is 2.38. The number of alkyl halides is 1. The third-order valence-corrected chi connectivity index (χ3v) is 4.26. The van der Waals surface area contributed by atoms with E-state index in [1.165, 1.54) is 0 Å². The Morgan fingerprint density at radius 2 is 2.19 bits per heavy atom. The summed E-state index contributed by atoms with van der Waals surface area (Å²) in [6.45, 7) is 2.52. The topological polar surface area (TPSA) is 47.6 Å². The van der Waals surface area contributed by atoms with Gasteiger partial charge in [-0.2, -0.15) is 0 Å². The van der Waals surface area contributed by atoms with Gasteiger partial charge in [0.1, 0.15) is 5.75 Å². The fraction of sp³-hybridized carbons (Fsp3) is 0.562. The lowest BCUT2D eigenvalue weighted by atomic mass is 9.77. The van der Waals surface area contributed by atoms with Gasteiger partial charge in [0.15, 0.2) is 0 Å². The molecule has 21 heavy (non-hydrogen) atoms. The monoisotopic (exact) mass is 311 g/mol. The highest BCUT2D eigenvalue weighted by molar-refractivity contribution is 6.17. The van der Waals surface area contributed by atoms with E-state index in [0.717, 1.165) is 36.3 Å². The Kier molecular flexibility index (Phi) is 5.48. The van der Waals surface area contributed by atoms with Crippen molar-refractivity contribution in [3.05, 3.63) is 23.8 Å². The maximum Gasteiger partial charge on any atom is 0.227 e. The van der Waals surface area contributed by atoms with E-state index in [1.54, 1.807) is 7.11 Å². The van der Waals surface area contributed by atoms with Crippen molar-refractivity contribution in [2.24, 2.45) is 0 Å². The highest BCUT2D eigenvalue weighted by atomic mass is 35.5. The molecule has 116 valence electrons. The Morgan fingerprint density at radius 1 is 1.43 bits per heavy atom. The first kappa shape index (κ1) is 16.1. The molecule has 0 atom stereocenters. The van der Waals surface area contributed by atoms with Gasteiger partial charge in [-0.3, -0.25) is 4.79 Å². The maximum absolute atomic E-state index is 12.1. The van der Waals surface area contributed by atoms with Crippen molar-refractivity contribution >= 4 is 23.2 Å². The molecule has 0 radical (unpaired) electrons. The zero-order chi connectivity index (χ0) is 15.3. The Labute approximate surface area is 130 Å². The number of amides is 1.